The number of Topliss-reactive ketones (excluding diaryl/α,β-unsaturated/α-hetero) is 1. The van der Waals surface area contributed by atoms with Crippen molar-refractivity contribution in [2.75, 3.05) is 6.61 Å². The van der Waals surface area contributed by atoms with E-state index >= 15 is 0 Å². The summed E-state index contributed by atoms with van der Waals surface area (Å²) in [7, 11) is 0. The monoisotopic (exact) mass is 442 g/mol. The molecule has 2 aromatic heterocycles. The van der Waals surface area contributed by atoms with E-state index in [1.54, 1.807) is 18.3 Å². The van der Waals surface area contributed by atoms with Crippen LogP contribution >= 0.6 is 11.6 Å². The Labute approximate surface area is 189 Å². The zero-order valence-electron chi connectivity index (χ0n) is 17.1. The van der Waals surface area contributed by atoms with Crippen LogP contribution < -0.4 is 0 Å². The molecule has 5 rings (SSSR count). The first-order valence-corrected chi connectivity index (χ1v) is 10.7. The van der Waals surface area contributed by atoms with Gasteiger partial charge in [0.05, 0.1) is 22.5 Å². The molecule has 32 heavy (non-hydrogen) atoms. The first-order valence-electron chi connectivity index (χ1n) is 10.3. The number of halogens is 1. The summed E-state index contributed by atoms with van der Waals surface area (Å²) in [4.78, 5) is 33.1. The zero-order chi connectivity index (χ0) is 22.1. The molecular weight excluding hydrogens is 424 g/mol. The van der Waals surface area contributed by atoms with Gasteiger partial charge in [-0.1, -0.05) is 41.9 Å². The fourth-order valence-corrected chi connectivity index (χ4v) is 4.18. The van der Waals surface area contributed by atoms with Gasteiger partial charge in [-0.2, -0.15) is 0 Å². The minimum Gasteiger partial charge on any atom is -0.454 e. The van der Waals surface area contributed by atoms with E-state index in [2.05, 4.69) is 11.1 Å². The molecule has 0 amide bonds. The van der Waals surface area contributed by atoms with Crippen molar-refractivity contribution in [3.05, 3.63) is 100.0 Å². The van der Waals surface area contributed by atoms with Crippen molar-refractivity contribution in [1.82, 2.24) is 9.97 Å². The van der Waals surface area contributed by atoms with Crippen molar-refractivity contribution in [2.24, 2.45) is 0 Å². The third kappa shape index (κ3) is 3.83. The Morgan fingerprint density at radius 3 is 2.62 bits per heavy atom. The van der Waals surface area contributed by atoms with Crippen LogP contribution in [0.3, 0.4) is 0 Å². The lowest BCUT2D eigenvalue weighted by molar-refractivity contribution is 0.0474. The number of aromatic amines is 1. The smallest absolute Gasteiger partial charge is 0.339 e. The van der Waals surface area contributed by atoms with Crippen molar-refractivity contribution in [3.8, 4) is 0 Å². The van der Waals surface area contributed by atoms with E-state index in [9.17, 15) is 9.59 Å². The van der Waals surface area contributed by atoms with Crippen LogP contribution in [-0.4, -0.2) is 28.3 Å². The lowest BCUT2D eigenvalue weighted by Crippen LogP contribution is -2.16. The summed E-state index contributed by atoms with van der Waals surface area (Å²) in [5.41, 5.74) is 5.37. The molecule has 1 aliphatic rings. The second-order valence-corrected chi connectivity index (χ2v) is 8.07. The minimum atomic E-state index is -0.507. The lowest BCUT2D eigenvalue weighted by atomic mass is 10.0. The Morgan fingerprint density at radius 2 is 1.84 bits per heavy atom. The summed E-state index contributed by atoms with van der Waals surface area (Å²) >= 11 is 6.00. The number of allylic oxidation sites excluding steroid dienone is 1. The molecule has 0 saturated carbocycles. The van der Waals surface area contributed by atoms with E-state index in [0.717, 1.165) is 39.7 Å². The van der Waals surface area contributed by atoms with Gasteiger partial charge in [-0.3, -0.25) is 4.79 Å². The maximum atomic E-state index is 13.1. The molecule has 0 unspecified atom stereocenters. The highest BCUT2D eigenvalue weighted by atomic mass is 35.5. The number of carbonyl (C=O) groups excluding carboxylic acids is 2. The van der Waals surface area contributed by atoms with Crippen LogP contribution in [0.15, 0.2) is 66.9 Å². The third-order valence-electron chi connectivity index (χ3n) is 5.59. The molecule has 0 radical (unpaired) electrons. The maximum absolute atomic E-state index is 13.1. The highest BCUT2D eigenvalue weighted by Gasteiger charge is 2.28. The van der Waals surface area contributed by atoms with Gasteiger partial charge in [-0.05, 0) is 65.9 Å². The fourth-order valence-electron chi connectivity index (χ4n) is 4.06. The van der Waals surface area contributed by atoms with E-state index in [0.29, 0.717) is 22.7 Å². The van der Waals surface area contributed by atoms with Gasteiger partial charge in [0.25, 0.3) is 0 Å². The summed E-state index contributed by atoms with van der Waals surface area (Å²) in [5, 5.41) is 1.42. The first-order chi connectivity index (χ1) is 15.6. The molecule has 6 heteroatoms. The van der Waals surface area contributed by atoms with E-state index in [1.807, 2.05) is 48.5 Å². The van der Waals surface area contributed by atoms with Gasteiger partial charge in [0.15, 0.2) is 6.61 Å². The van der Waals surface area contributed by atoms with Crippen molar-refractivity contribution in [1.29, 1.82) is 0 Å². The van der Waals surface area contributed by atoms with E-state index in [-0.39, 0.29) is 12.4 Å². The number of para-hydroxylation sites is 1. The Balaban J connectivity index is 1.52. The number of nitrogens with one attached hydrogen (secondary N) is 1. The molecule has 0 spiro atoms. The van der Waals surface area contributed by atoms with Crippen molar-refractivity contribution >= 4 is 45.9 Å². The van der Waals surface area contributed by atoms with Crippen molar-refractivity contribution in [2.45, 2.75) is 12.8 Å². The maximum Gasteiger partial charge on any atom is 0.339 e. The number of carbonyl (C=O) groups is 2. The Morgan fingerprint density at radius 1 is 1.03 bits per heavy atom. The van der Waals surface area contributed by atoms with Gasteiger partial charge in [0.1, 0.15) is 0 Å². The molecule has 1 aliphatic carbocycles. The van der Waals surface area contributed by atoms with Crippen LogP contribution in [-0.2, 0) is 11.2 Å². The Bertz CT molecular complexity index is 1360. The van der Waals surface area contributed by atoms with Crippen LogP contribution in [0.4, 0.5) is 0 Å². The largest absolute Gasteiger partial charge is 0.454 e. The predicted molar refractivity (Wildman–Crippen MR) is 125 cm³/mol. The number of benzene rings is 2. The average Bonchev–Trinajstić information content (AvgIpc) is 3.48. The molecular formula is C26H19ClN2O3. The predicted octanol–water partition coefficient (Wildman–Crippen LogP) is 5.74. The highest BCUT2D eigenvalue weighted by molar-refractivity contribution is 6.30. The van der Waals surface area contributed by atoms with Crippen LogP contribution in [0, 0.1) is 0 Å². The molecule has 2 heterocycles. The number of H-pyrrole nitrogens is 1. The number of esters is 1. The molecule has 0 aliphatic heterocycles. The van der Waals surface area contributed by atoms with Crippen molar-refractivity contribution in [3.63, 3.8) is 0 Å². The Hall–Kier alpha value is -3.70. The number of ketones is 1. The number of hydrogen-bond donors (Lipinski definition) is 1. The van der Waals surface area contributed by atoms with Crippen molar-refractivity contribution < 1.29 is 14.3 Å². The quantitative estimate of drug-likeness (QED) is 0.316. The highest BCUT2D eigenvalue weighted by Crippen LogP contribution is 2.37. The number of ether oxygens (including phenoxy) is 1. The van der Waals surface area contributed by atoms with Gasteiger partial charge in [0.2, 0.25) is 5.78 Å². The molecule has 0 saturated heterocycles. The topological polar surface area (TPSA) is 72.1 Å². The minimum absolute atomic E-state index is 0.276. The third-order valence-corrected chi connectivity index (χ3v) is 5.84. The molecule has 2 aromatic carbocycles. The van der Waals surface area contributed by atoms with Crippen LogP contribution in [0.2, 0.25) is 5.02 Å². The number of aromatic nitrogens is 2. The second-order valence-electron chi connectivity index (χ2n) is 7.64. The molecule has 158 valence electrons. The second kappa shape index (κ2) is 8.44. The number of rotatable bonds is 5. The van der Waals surface area contributed by atoms with Gasteiger partial charge < -0.3 is 9.72 Å². The van der Waals surface area contributed by atoms with Crippen LogP contribution in [0.25, 0.3) is 22.6 Å². The fraction of sp³-hybridized carbons (Fsp3) is 0.115. The zero-order valence-corrected chi connectivity index (χ0v) is 17.9. The number of hydrogen-bond acceptors (Lipinski definition) is 4. The molecule has 1 N–H and O–H groups in total. The molecule has 0 atom stereocenters. The molecule has 0 bridgehead atoms. The summed E-state index contributed by atoms with van der Waals surface area (Å²) in [6, 6.07) is 18.5. The number of nitrogens with zero attached hydrogens (tertiary/aromatic N) is 1. The summed E-state index contributed by atoms with van der Waals surface area (Å²) in [5.74, 6) is -0.783. The van der Waals surface area contributed by atoms with Crippen LogP contribution in [0.5, 0.6) is 0 Å². The Kier molecular flexibility index (Phi) is 5.33. The standard InChI is InChI=1S/C26H19ClN2O3/c27-18-10-7-16(8-11-18)14-17-9-12-20-24(19-4-1-2-5-21(19)29-25(17)20)26(31)32-15-23(30)22-6-3-13-28-22/h1-8,10-11,13-14,28H,9,12,15H2. The SMILES string of the molecule is O=C(COC(=O)c1c2c(nc3ccccc13)C(=Cc1ccc(Cl)cc1)CC2)c1ccc[nH]1. The summed E-state index contributed by atoms with van der Waals surface area (Å²) < 4.78 is 5.44. The van der Waals surface area contributed by atoms with Gasteiger partial charge in [0, 0.05) is 16.6 Å². The molecule has 0 fully saturated rings. The van der Waals surface area contributed by atoms with E-state index < -0.39 is 5.97 Å². The van der Waals surface area contributed by atoms with Crippen LogP contribution in [0.1, 0.15) is 44.1 Å². The molecule has 5 nitrogen and oxygen atoms in total. The van der Waals surface area contributed by atoms with Gasteiger partial charge in [-0.25, -0.2) is 9.78 Å². The van der Waals surface area contributed by atoms with E-state index in [1.165, 1.54) is 0 Å². The number of pyridine rings is 1. The van der Waals surface area contributed by atoms with E-state index in [4.69, 9.17) is 21.3 Å². The number of fused-ring (bicyclic) bond motifs is 2. The van der Waals surface area contributed by atoms with Gasteiger partial charge in [-0.15, -0.1) is 0 Å². The summed E-state index contributed by atoms with van der Waals surface area (Å²) in [6.45, 7) is -0.321. The lowest BCUT2D eigenvalue weighted by Gasteiger charge is -2.12. The first kappa shape index (κ1) is 20.2. The average molecular weight is 443 g/mol. The normalized spacial score (nSPS) is 14.0. The molecule has 4 aromatic rings. The summed E-state index contributed by atoms with van der Waals surface area (Å²) in [6.07, 6.45) is 5.19. The van der Waals surface area contributed by atoms with Gasteiger partial charge >= 0.3 is 5.97 Å².